The highest BCUT2D eigenvalue weighted by molar-refractivity contribution is 9.10. The number of halogens is 1. The molecule has 0 radical (unpaired) electrons. The minimum Gasteiger partial charge on any atom is -0.379 e. The van der Waals surface area contributed by atoms with Crippen LogP contribution in [0.4, 0.5) is 11.4 Å². The van der Waals surface area contributed by atoms with Gasteiger partial charge in [-0.25, -0.2) is 8.42 Å². The monoisotopic (exact) mass is 640 g/mol. The number of amides is 1. The van der Waals surface area contributed by atoms with Gasteiger partial charge in [-0.3, -0.25) is 4.79 Å². The second-order valence-electron chi connectivity index (χ2n) is 10.5. The Hall–Kier alpha value is -2.96. The summed E-state index contributed by atoms with van der Waals surface area (Å²) in [6.45, 7) is 8.62. The van der Waals surface area contributed by atoms with Gasteiger partial charge >= 0.3 is 0 Å². The van der Waals surface area contributed by atoms with Crippen LogP contribution in [0.5, 0.6) is 0 Å². The number of rotatable bonds is 5. The van der Waals surface area contributed by atoms with Crippen LogP contribution in [0.1, 0.15) is 22.5 Å². The maximum Gasteiger partial charge on any atom is 0.258 e. The smallest absolute Gasteiger partial charge is 0.258 e. The number of carbonyl (C=O) groups excluding carboxylic acids is 1. The van der Waals surface area contributed by atoms with E-state index in [4.69, 9.17) is 9.47 Å². The van der Waals surface area contributed by atoms with Crippen LogP contribution in [-0.4, -0.2) is 82.9 Å². The number of nitrogens with zero attached hydrogens (tertiary/aromatic N) is 4. The average molecular weight is 642 g/mol. The van der Waals surface area contributed by atoms with Crippen molar-refractivity contribution >= 4 is 54.9 Å². The highest BCUT2D eigenvalue weighted by Crippen LogP contribution is 2.40. The van der Waals surface area contributed by atoms with E-state index in [9.17, 15) is 13.2 Å². The fourth-order valence-electron chi connectivity index (χ4n) is 5.85. The third kappa shape index (κ3) is 5.03. The number of fused-ring (bicyclic) bond motifs is 1. The third-order valence-electron chi connectivity index (χ3n) is 8.07. The van der Waals surface area contributed by atoms with Crippen molar-refractivity contribution in [1.82, 2.24) is 8.87 Å². The quantitative estimate of drug-likeness (QED) is 0.388. The van der Waals surface area contributed by atoms with Crippen LogP contribution >= 0.6 is 15.9 Å². The molecule has 0 bridgehead atoms. The summed E-state index contributed by atoms with van der Waals surface area (Å²) in [4.78, 5) is 17.5. The standard InChI is InChI=1S/C30H33BrN4O5S/c1-20-16-22(21(2)35(20)23-4-6-29(27(31)18-23)33-8-12-39-13-9-33)17-26-25-19-24(5-7-28(25)32(3)30(26)36)41(37,38)34-10-14-40-15-11-34/h4-7,16-19H,8-15H2,1-3H3/b26-17-. The lowest BCUT2D eigenvalue weighted by Gasteiger charge is -2.30. The summed E-state index contributed by atoms with van der Waals surface area (Å²) in [5.41, 5.74) is 6.87. The predicted octanol–water partition coefficient (Wildman–Crippen LogP) is 4.23. The molecule has 2 aromatic carbocycles. The van der Waals surface area contributed by atoms with Gasteiger partial charge in [-0.05, 0) is 83.9 Å². The lowest BCUT2D eigenvalue weighted by molar-refractivity contribution is -0.112. The van der Waals surface area contributed by atoms with Crippen molar-refractivity contribution in [1.29, 1.82) is 0 Å². The maximum atomic E-state index is 13.4. The number of benzene rings is 2. The largest absolute Gasteiger partial charge is 0.379 e. The number of aryl methyl sites for hydroxylation is 1. The molecule has 11 heteroatoms. The molecule has 0 aliphatic carbocycles. The van der Waals surface area contributed by atoms with E-state index in [0.717, 1.165) is 59.1 Å². The van der Waals surface area contributed by atoms with Crippen molar-refractivity contribution in [3.8, 4) is 5.69 Å². The van der Waals surface area contributed by atoms with Crippen LogP contribution in [0.2, 0.25) is 0 Å². The molecule has 2 saturated heterocycles. The average Bonchev–Trinajstić information content (AvgIpc) is 3.40. The van der Waals surface area contributed by atoms with E-state index < -0.39 is 10.0 Å². The molecule has 0 saturated carbocycles. The molecule has 1 amide bonds. The summed E-state index contributed by atoms with van der Waals surface area (Å²) in [5.74, 6) is -0.164. The summed E-state index contributed by atoms with van der Waals surface area (Å²) in [5, 5.41) is 0. The van der Waals surface area contributed by atoms with E-state index in [0.29, 0.717) is 43.1 Å². The number of hydrogen-bond donors (Lipinski definition) is 0. The van der Waals surface area contributed by atoms with Gasteiger partial charge in [0.25, 0.3) is 5.91 Å². The van der Waals surface area contributed by atoms with Gasteiger partial charge in [0.1, 0.15) is 0 Å². The van der Waals surface area contributed by atoms with Crippen molar-refractivity contribution in [2.75, 3.05) is 69.5 Å². The third-order valence-corrected chi connectivity index (χ3v) is 10.6. The molecule has 6 rings (SSSR count). The van der Waals surface area contributed by atoms with Crippen molar-refractivity contribution in [2.24, 2.45) is 0 Å². The summed E-state index contributed by atoms with van der Waals surface area (Å²) in [6, 6.07) is 13.4. The molecule has 4 heterocycles. The summed E-state index contributed by atoms with van der Waals surface area (Å²) >= 11 is 3.77. The minimum absolute atomic E-state index is 0.164. The van der Waals surface area contributed by atoms with E-state index in [2.05, 4.69) is 49.7 Å². The predicted molar refractivity (Wildman–Crippen MR) is 163 cm³/mol. The van der Waals surface area contributed by atoms with Gasteiger partial charge in [0.2, 0.25) is 10.0 Å². The highest BCUT2D eigenvalue weighted by Gasteiger charge is 2.33. The zero-order chi connectivity index (χ0) is 28.9. The van der Waals surface area contributed by atoms with Crippen molar-refractivity contribution < 1.29 is 22.7 Å². The number of anilines is 2. The van der Waals surface area contributed by atoms with Gasteiger partial charge in [0.05, 0.1) is 42.7 Å². The van der Waals surface area contributed by atoms with E-state index in [1.54, 1.807) is 30.1 Å². The molecule has 41 heavy (non-hydrogen) atoms. The Morgan fingerprint density at radius 1 is 0.878 bits per heavy atom. The maximum absolute atomic E-state index is 13.4. The Kier molecular flexibility index (Phi) is 7.58. The number of ether oxygens (including phenoxy) is 2. The molecule has 3 aliphatic heterocycles. The summed E-state index contributed by atoms with van der Waals surface area (Å²) in [6.07, 6.45) is 1.88. The fourth-order valence-corrected chi connectivity index (χ4v) is 7.90. The molecular formula is C30H33BrN4O5S. The number of sulfonamides is 1. The molecule has 216 valence electrons. The van der Waals surface area contributed by atoms with E-state index in [-0.39, 0.29) is 10.8 Å². The number of hydrogen-bond acceptors (Lipinski definition) is 6. The van der Waals surface area contributed by atoms with E-state index >= 15 is 0 Å². The Morgan fingerprint density at radius 3 is 2.22 bits per heavy atom. The van der Waals surface area contributed by atoms with Gasteiger partial charge in [-0.1, -0.05) is 0 Å². The van der Waals surface area contributed by atoms with Gasteiger partial charge < -0.3 is 23.8 Å². The normalized spacial score (nSPS) is 19.3. The first-order valence-corrected chi connectivity index (χ1v) is 15.9. The van der Waals surface area contributed by atoms with Crippen LogP contribution in [-0.2, 0) is 24.3 Å². The van der Waals surface area contributed by atoms with Crippen LogP contribution in [0.15, 0.2) is 51.8 Å². The number of carbonyl (C=O) groups is 1. The van der Waals surface area contributed by atoms with Crippen LogP contribution in [0.25, 0.3) is 17.3 Å². The number of likely N-dealkylation sites (N-methyl/N-ethyl adjacent to an activating group) is 1. The van der Waals surface area contributed by atoms with Gasteiger partial charge in [0, 0.05) is 65.9 Å². The van der Waals surface area contributed by atoms with Crippen molar-refractivity contribution in [2.45, 2.75) is 18.7 Å². The van der Waals surface area contributed by atoms with Crippen molar-refractivity contribution in [3.63, 3.8) is 0 Å². The van der Waals surface area contributed by atoms with Crippen molar-refractivity contribution in [3.05, 3.63) is 69.5 Å². The molecule has 0 N–H and O–H groups in total. The Bertz CT molecular complexity index is 1650. The zero-order valence-corrected chi connectivity index (χ0v) is 25.8. The second-order valence-corrected chi connectivity index (χ2v) is 13.3. The summed E-state index contributed by atoms with van der Waals surface area (Å²) in [7, 11) is -1.98. The molecule has 0 spiro atoms. The molecule has 2 fully saturated rings. The lowest BCUT2D eigenvalue weighted by Crippen LogP contribution is -2.40. The number of aromatic nitrogens is 1. The first-order chi connectivity index (χ1) is 19.7. The first kappa shape index (κ1) is 28.2. The van der Waals surface area contributed by atoms with Crippen LogP contribution < -0.4 is 9.80 Å². The Labute approximate surface area is 249 Å². The molecule has 0 unspecified atom stereocenters. The van der Waals surface area contributed by atoms with Crippen LogP contribution in [0, 0.1) is 13.8 Å². The molecule has 3 aliphatic rings. The zero-order valence-electron chi connectivity index (χ0n) is 23.4. The topological polar surface area (TPSA) is 84.3 Å². The highest BCUT2D eigenvalue weighted by atomic mass is 79.9. The molecule has 0 atom stereocenters. The molecule has 1 aromatic heterocycles. The second kappa shape index (κ2) is 11.0. The van der Waals surface area contributed by atoms with Gasteiger partial charge in [0.15, 0.2) is 0 Å². The van der Waals surface area contributed by atoms with Gasteiger partial charge in [-0.2, -0.15) is 4.31 Å². The minimum atomic E-state index is -3.70. The Morgan fingerprint density at radius 2 is 1.54 bits per heavy atom. The SMILES string of the molecule is Cc1cc(/C=C2\C(=O)N(C)c3ccc(S(=O)(=O)N4CCOCC4)cc32)c(C)n1-c1ccc(N2CCOCC2)c(Br)c1. The fraction of sp³-hybridized carbons (Fsp3) is 0.367. The van der Waals surface area contributed by atoms with Crippen LogP contribution in [0.3, 0.4) is 0 Å². The summed E-state index contributed by atoms with van der Waals surface area (Å²) < 4.78 is 42.2. The molecule has 9 nitrogen and oxygen atoms in total. The van der Waals surface area contributed by atoms with E-state index in [1.165, 1.54) is 4.31 Å². The molecular weight excluding hydrogens is 608 g/mol. The first-order valence-electron chi connectivity index (χ1n) is 13.7. The van der Waals surface area contributed by atoms with E-state index in [1.807, 2.05) is 19.9 Å². The Balaban J connectivity index is 1.36. The lowest BCUT2D eigenvalue weighted by atomic mass is 10.0. The molecule has 3 aromatic rings. The number of morpholine rings is 2. The van der Waals surface area contributed by atoms with Gasteiger partial charge in [-0.15, -0.1) is 0 Å².